The van der Waals surface area contributed by atoms with E-state index >= 15 is 0 Å². The van der Waals surface area contributed by atoms with Crippen molar-refractivity contribution in [2.75, 3.05) is 32.7 Å². The first-order valence-electron chi connectivity index (χ1n) is 9.90. The van der Waals surface area contributed by atoms with E-state index in [4.69, 9.17) is 0 Å². The lowest BCUT2D eigenvalue weighted by atomic mass is 10.0. The highest BCUT2D eigenvalue weighted by atomic mass is 16.2. The van der Waals surface area contributed by atoms with Gasteiger partial charge in [-0.15, -0.1) is 0 Å². The Labute approximate surface area is 165 Å². The van der Waals surface area contributed by atoms with Crippen molar-refractivity contribution >= 4 is 23.6 Å². The SMILES string of the molecule is CCC(=O)N1CCCN(C(=O)c2ccc3c(c2)C(=O)N(CC(C)C)C3=O)CC1. The minimum atomic E-state index is -0.334. The lowest BCUT2D eigenvalue weighted by molar-refractivity contribution is -0.130. The van der Waals surface area contributed by atoms with E-state index in [0.717, 1.165) is 6.42 Å². The zero-order valence-corrected chi connectivity index (χ0v) is 16.7. The summed E-state index contributed by atoms with van der Waals surface area (Å²) in [6, 6.07) is 4.73. The number of benzene rings is 1. The van der Waals surface area contributed by atoms with Gasteiger partial charge in [0.1, 0.15) is 0 Å². The molecule has 150 valence electrons. The van der Waals surface area contributed by atoms with E-state index in [2.05, 4.69) is 0 Å². The minimum Gasteiger partial charge on any atom is -0.341 e. The fraction of sp³-hybridized carbons (Fsp3) is 0.524. The van der Waals surface area contributed by atoms with E-state index in [1.165, 1.54) is 11.0 Å². The number of imide groups is 1. The Bertz CT molecular complexity index is 818. The lowest BCUT2D eigenvalue weighted by Gasteiger charge is -2.22. The number of hydrogen-bond acceptors (Lipinski definition) is 4. The molecule has 0 aliphatic carbocycles. The summed E-state index contributed by atoms with van der Waals surface area (Å²) in [4.78, 5) is 54.7. The molecule has 28 heavy (non-hydrogen) atoms. The van der Waals surface area contributed by atoms with Crippen LogP contribution in [0.15, 0.2) is 18.2 Å². The summed E-state index contributed by atoms with van der Waals surface area (Å²) in [5.41, 5.74) is 1.06. The molecule has 1 fully saturated rings. The molecule has 0 atom stereocenters. The number of amides is 4. The maximum absolute atomic E-state index is 13.0. The van der Waals surface area contributed by atoms with E-state index in [9.17, 15) is 19.2 Å². The first-order valence-corrected chi connectivity index (χ1v) is 9.90. The first kappa shape index (κ1) is 20.0. The van der Waals surface area contributed by atoms with Crippen molar-refractivity contribution in [3.63, 3.8) is 0 Å². The summed E-state index contributed by atoms with van der Waals surface area (Å²) in [6.45, 7) is 8.30. The third-order valence-corrected chi connectivity index (χ3v) is 5.20. The molecule has 0 bridgehead atoms. The standard InChI is InChI=1S/C21H27N3O4/c1-4-18(25)22-8-5-9-23(11-10-22)19(26)15-6-7-16-17(12-15)21(28)24(20(16)27)13-14(2)3/h6-7,12,14H,4-5,8-11,13H2,1-3H3. The normalized spacial score (nSPS) is 17.2. The van der Waals surface area contributed by atoms with Crippen LogP contribution in [-0.2, 0) is 4.79 Å². The summed E-state index contributed by atoms with van der Waals surface area (Å²) in [5, 5.41) is 0. The highest BCUT2D eigenvalue weighted by molar-refractivity contribution is 6.22. The van der Waals surface area contributed by atoms with Gasteiger partial charge < -0.3 is 9.80 Å². The molecule has 2 aliphatic heterocycles. The Morgan fingerprint density at radius 3 is 2.29 bits per heavy atom. The van der Waals surface area contributed by atoms with Gasteiger partial charge in [0, 0.05) is 44.7 Å². The molecule has 0 aromatic heterocycles. The molecule has 0 radical (unpaired) electrons. The highest BCUT2D eigenvalue weighted by Gasteiger charge is 2.36. The van der Waals surface area contributed by atoms with Crippen LogP contribution in [0.4, 0.5) is 0 Å². The van der Waals surface area contributed by atoms with Crippen molar-refractivity contribution in [1.82, 2.24) is 14.7 Å². The van der Waals surface area contributed by atoms with Crippen LogP contribution in [0.3, 0.4) is 0 Å². The van der Waals surface area contributed by atoms with Crippen LogP contribution < -0.4 is 0 Å². The van der Waals surface area contributed by atoms with Gasteiger partial charge in [-0.05, 0) is 30.5 Å². The second-order valence-corrected chi connectivity index (χ2v) is 7.76. The van der Waals surface area contributed by atoms with Gasteiger partial charge in [0.15, 0.2) is 0 Å². The van der Waals surface area contributed by atoms with Crippen molar-refractivity contribution in [2.45, 2.75) is 33.6 Å². The molecule has 7 heteroatoms. The summed E-state index contributed by atoms with van der Waals surface area (Å²) in [6.07, 6.45) is 1.18. The van der Waals surface area contributed by atoms with Gasteiger partial charge in [-0.2, -0.15) is 0 Å². The van der Waals surface area contributed by atoms with Crippen molar-refractivity contribution in [3.8, 4) is 0 Å². The van der Waals surface area contributed by atoms with Gasteiger partial charge in [0.25, 0.3) is 17.7 Å². The maximum Gasteiger partial charge on any atom is 0.261 e. The van der Waals surface area contributed by atoms with Crippen molar-refractivity contribution in [3.05, 3.63) is 34.9 Å². The predicted molar refractivity (Wildman–Crippen MR) is 104 cm³/mol. The summed E-state index contributed by atoms with van der Waals surface area (Å²) in [5.74, 6) is -0.526. The van der Waals surface area contributed by atoms with E-state index in [1.807, 2.05) is 20.8 Å². The molecular formula is C21H27N3O4. The molecule has 0 N–H and O–H groups in total. The summed E-state index contributed by atoms with van der Waals surface area (Å²) < 4.78 is 0. The zero-order chi connectivity index (χ0) is 20.4. The van der Waals surface area contributed by atoms with E-state index < -0.39 is 0 Å². The van der Waals surface area contributed by atoms with Gasteiger partial charge in [-0.1, -0.05) is 20.8 Å². The Balaban J connectivity index is 1.76. The molecule has 0 saturated carbocycles. The molecule has 1 aromatic carbocycles. The summed E-state index contributed by atoms with van der Waals surface area (Å²) in [7, 11) is 0. The molecule has 1 saturated heterocycles. The van der Waals surface area contributed by atoms with Gasteiger partial charge in [0.2, 0.25) is 5.91 Å². The van der Waals surface area contributed by atoms with Crippen LogP contribution >= 0.6 is 0 Å². The molecule has 4 amide bonds. The number of fused-ring (bicyclic) bond motifs is 1. The van der Waals surface area contributed by atoms with Gasteiger partial charge in [-0.25, -0.2) is 0 Å². The van der Waals surface area contributed by atoms with Crippen LogP contribution in [0.2, 0.25) is 0 Å². The molecule has 0 spiro atoms. The number of rotatable bonds is 4. The predicted octanol–water partition coefficient (Wildman–Crippen LogP) is 2.02. The number of carbonyl (C=O) groups excluding carboxylic acids is 4. The average Bonchev–Trinajstić information content (AvgIpc) is 2.87. The van der Waals surface area contributed by atoms with Crippen LogP contribution in [0.25, 0.3) is 0 Å². The molecule has 2 aliphatic rings. The van der Waals surface area contributed by atoms with Crippen molar-refractivity contribution in [2.24, 2.45) is 5.92 Å². The molecule has 1 aromatic rings. The maximum atomic E-state index is 13.0. The average molecular weight is 385 g/mol. The van der Waals surface area contributed by atoms with Crippen molar-refractivity contribution in [1.29, 1.82) is 0 Å². The topological polar surface area (TPSA) is 78.0 Å². The molecule has 3 rings (SSSR count). The van der Waals surface area contributed by atoms with Crippen molar-refractivity contribution < 1.29 is 19.2 Å². The molecule has 7 nitrogen and oxygen atoms in total. The van der Waals surface area contributed by atoms with Crippen LogP contribution in [-0.4, -0.2) is 71.1 Å². The van der Waals surface area contributed by atoms with Gasteiger partial charge in [-0.3, -0.25) is 24.1 Å². The van der Waals surface area contributed by atoms with E-state index in [-0.39, 0.29) is 29.5 Å². The number of nitrogens with zero attached hydrogens (tertiary/aromatic N) is 3. The van der Waals surface area contributed by atoms with Crippen LogP contribution in [0.5, 0.6) is 0 Å². The Hall–Kier alpha value is -2.70. The Morgan fingerprint density at radius 1 is 0.964 bits per heavy atom. The fourth-order valence-corrected chi connectivity index (χ4v) is 3.73. The summed E-state index contributed by atoms with van der Waals surface area (Å²) >= 11 is 0. The molecule has 0 unspecified atom stereocenters. The Kier molecular flexibility index (Phi) is 5.82. The van der Waals surface area contributed by atoms with Crippen LogP contribution in [0.1, 0.15) is 64.7 Å². The highest BCUT2D eigenvalue weighted by Crippen LogP contribution is 2.25. The second-order valence-electron chi connectivity index (χ2n) is 7.76. The van der Waals surface area contributed by atoms with Gasteiger partial charge in [0.05, 0.1) is 11.1 Å². The van der Waals surface area contributed by atoms with Gasteiger partial charge >= 0.3 is 0 Å². The largest absolute Gasteiger partial charge is 0.341 e. The third kappa shape index (κ3) is 3.79. The number of carbonyl (C=O) groups is 4. The van der Waals surface area contributed by atoms with Crippen LogP contribution in [0, 0.1) is 5.92 Å². The van der Waals surface area contributed by atoms with E-state index in [0.29, 0.717) is 55.8 Å². The minimum absolute atomic E-state index is 0.0983. The monoisotopic (exact) mass is 385 g/mol. The quantitative estimate of drug-likeness (QED) is 0.743. The second kappa shape index (κ2) is 8.12. The number of hydrogen-bond donors (Lipinski definition) is 0. The third-order valence-electron chi connectivity index (χ3n) is 5.20. The van der Waals surface area contributed by atoms with E-state index in [1.54, 1.807) is 21.9 Å². The first-order chi connectivity index (χ1) is 13.3. The zero-order valence-electron chi connectivity index (χ0n) is 16.7. The smallest absolute Gasteiger partial charge is 0.261 e. The molecule has 2 heterocycles. The Morgan fingerprint density at radius 2 is 1.61 bits per heavy atom. The fourth-order valence-electron chi connectivity index (χ4n) is 3.73. The molecular weight excluding hydrogens is 358 g/mol. The lowest BCUT2D eigenvalue weighted by Crippen LogP contribution is -2.37.